The summed E-state index contributed by atoms with van der Waals surface area (Å²) < 4.78 is 0. The van der Waals surface area contributed by atoms with Gasteiger partial charge >= 0.3 is 0 Å². The highest BCUT2D eigenvalue weighted by atomic mass is 16.3. The van der Waals surface area contributed by atoms with Crippen molar-refractivity contribution in [1.29, 1.82) is 0 Å². The minimum absolute atomic E-state index is 0.00627. The van der Waals surface area contributed by atoms with Gasteiger partial charge in [-0.15, -0.1) is 0 Å². The third-order valence-electron chi connectivity index (χ3n) is 4.08. The normalized spacial score (nSPS) is 18.2. The van der Waals surface area contributed by atoms with Crippen molar-refractivity contribution in [2.24, 2.45) is 0 Å². The van der Waals surface area contributed by atoms with Gasteiger partial charge in [0.1, 0.15) is 5.82 Å². The average molecular weight is 306 g/mol. The molecule has 0 aliphatic carbocycles. The van der Waals surface area contributed by atoms with Crippen molar-refractivity contribution in [1.82, 2.24) is 20.2 Å². The van der Waals surface area contributed by atoms with E-state index in [1.165, 1.54) is 6.42 Å². The summed E-state index contributed by atoms with van der Waals surface area (Å²) >= 11 is 0. The molecule has 2 N–H and O–H groups in total. The average Bonchev–Trinajstić information content (AvgIpc) is 2.53. The molecule has 0 saturated carbocycles. The molecule has 122 valence electrons. The monoisotopic (exact) mass is 306 g/mol. The van der Waals surface area contributed by atoms with Crippen LogP contribution in [0.4, 0.5) is 0 Å². The van der Waals surface area contributed by atoms with Crippen LogP contribution in [-0.4, -0.2) is 59.2 Å². The van der Waals surface area contributed by atoms with Crippen LogP contribution in [-0.2, 0) is 11.2 Å². The summed E-state index contributed by atoms with van der Waals surface area (Å²) in [6, 6.07) is 2.05. The number of nitrogens with one attached hydrogen (secondary N) is 1. The standard InChI is InChI=1S/C16H26N4O2/c1-12-18-14(5-6-16(22)20(2)8-9-21)10-15(19-12)13-4-3-7-17-11-13/h10,13,17,21H,3-9,11H2,1-2H3/t13-/m1/s1. The summed E-state index contributed by atoms with van der Waals surface area (Å²) in [5.74, 6) is 1.25. The van der Waals surface area contributed by atoms with E-state index in [1.807, 2.05) is 13.0 Å². The van der Waals surface area contributed by atoms with Gasteiger partial charge in [0.2, 0.25) is 5.91 Å². The molecule has 1 aromatic rings. The van der Waals surface area contributed by atoms with Gasteiger partial charge in [0, 0.05) is 43.9 Å². The molecule has 1 atom stereocenters. The Morgan fingerprint density at radius 2 is 2.32 bits per heavy atom. The van der Waals surface area contributed by atoms with E-state index in [-0.39, 0.29) is 12.5 Å². The Morgan fingerprint density at radius 1 is 1.50 bits per heavy atom. The SMILES string of the molecule is Cc1nc(CCC(=O)N(C)CCO)cc([C@@H]2CCCNC2)n1. The number of aryl methyl sites for hydroxylation is 2. The van der Waals surface area contributed by atoms with E-state index < -0.39 is 0 Å². The number of piperidine rings is 1. The van der Waals surface area contributed by atoms with Crippen LogP contribution >= 0.6 is 0 Å². The fourth-order valence-corrected chi connectivity index (χ4v) is 2.80. The van der Waals surface area contributed by atoms with Gasteiger partial charge in [0.15, 0.2) is 0 Å². The third kappa shape index (κ3) is 4.74. The summed E-state index contributed by atoms with van der Waals surface area (Å²) in [4.78, 5) is 22.5. The molecule has 0 bridgehead atoms. The number of rotatable bonds is 6. The van der Waals surface area contributed by atoms with Crippen LogP contribution < -0.4 is 5.32 Å². The van der Waals surface area contributed by atoms with Gasteiger partial charge in [-0.2, -0.15) is 0 Å². The van der Waals surface area contributed by atoms with Crippen LogP contribution in [0, 0.1) is 6.92 Å². The number of likely N-dealkylation sites (N-methyl/N-ethyl adjacent to an activating group) is 1. The quantitative estimate of drug-likeness (QED) is 0.806. The Bertz CT molecular complexity index is 501. The van der Waals surface area contributed by atoms with Crippen LogP contribution in [0.1, 0.15) is 42.4 Å². The molecule has 1 aliphatic rings. The summed E-state index contributed by atoms with van der Waals surface area (Å²) in [5, 5.41) is 12.3. The molecule has 0 aromatic carbocycles. The number of hydrogen-bond donors (Lipinski definition) is 2. The van der Waals surface area contributed by atoms with Gasteiger partial charge in [0.25, 0.3) is 0 Å². The maximum atomic E-state index is 11.9. The number of hydrogen-bond acceptors (Lipinski definition) is 5. The highest BCUT2D eigenvalue weighted by molar-refractivity contribution is 5.76. The van der Waals surface area contributed by atoms with Crippen LogP contribution in [0.2, 0.25) is 0 Å². The van der Waals surface area contributed by atoms with Gasteiger partial charge in [-0.1, -0.05) is 0 Å². The summed E-state index contributed by atoms with van der Waals surface area (Å²) in [5.41, 5.74) is 2.02. The molecule has 1 amide bonds. The van der Waals surface area contributed by atoms with Crippen molar-refractivity contribution >= 4 is 5.91 Å². The van der Waals surface area contributed by atoms with E-state index in [9.17, 15) is 4.79 Å². The maximum absolute atomic E-state index is 11.9. The molecule has 0 radical (unpaired) electrons. The van der Waals surface area contributed by atoms with Gasteiger partial charge in [-0.3, -0.25) is 4.79 Å². The van der Waals surface area contributed by atoms with Crippen LogP contribution in [0.15, 0.2) is 6.07 Å². The molecule has 1 saturated heterocycles. The van der Waals surface area contributed by atoms with Gasteiger partial charge < -0.3 is 15.3 Å². The number of carbonyl (C=O) groups is 1. The predicted molar refractivity (Wildman–Crippen MR) is 84.7 cm³/mol. The highest BCUT2D eigenvalue weighted by Gasteiger charge is 2.18. The van der Waals surface area contributed by atoms with E-state index >= 15 is 0 Å². The van der Waals surface area contributed by atoms with Crippen molar-refractivity contribution in [3.8, 4) is 0 Å². The van der Waals surface area contributed by atoms with Crippen LogP contribution in [0.5, 0.6) is 0 Å². The molecule has 2 heterocycles. The first-order valence-electron chi connectivity index (χ1n) is 8.00. The Morgan fingerprint density at radius 3 is 3.00 bits per heavy atom. The number of aliphatic hydroxyl groups excluding tert-OH is 1. The molecular weight excluding hydrogens is 280 g/mol. The minimum atomic E-state index is -0.00627. The van der Waals surface area contributed by atoms with Crippen molar-refractivity contribution in [3.05, 3.63) is 23.3 Å². The second-order valence-electron chi connectivity index (χ2n) is 5.91. The fraction of sp³-hybridized carbons (Fsp3) is 0.688. The van der Waals surface area contributed by atoms with E-state index in [1.54, 1.807) is 11.9 Å². The zero-order chi connectivity index (χ0) is 15.9. The Kier molecular flexibility index (Phi) is 6.27. The Balaban J connectivity index is 1.98. The lowest BCUT2D eigenvalue weighted by molar-refractivity contribution is -0.130. The molecule has 1 aliphatic heterocycles. The molecule has 2 rings (SSSR count). The minimum Gasteiger partial charge on any atom is -0.395 e. The van der Waals surface area contributed by atoms with Crippen molar-refractivity contribution in [2.75, 3.05) is 33.3 Å². The second kappa shape index (κ2) is 8.19. The lowest BCUT2D eigenvalue weighted by atomic mass is 9.95. The molecule has 22 heavy (non-hydrogen) atoms. The van der Waals surface area contributed by atoms with Gasteiger partial charge in [0.05, 0.1) is 6.61 Å². The summed E-state index contributed by atoms with van der Waals surface area (Å²) in [7, 11) is 1.71. The lowest BCUT2D eigenvalue weighted by Gasteiger charge is -2.22. The first kappa shape index (κ1) is 16.8. The molecule has 0 unspecified atom stereocenters. The number of aromatic nitrogens is 2. The number of aliphatic hydroxyl groups is 1. The third-order valence-corrected chi connectivity index (χ3v) is 4.08. The van der Waals surface area contributed by atoms with E-state index in [4.69, 9.17) is 5.11 Å². The number of amides is 1. The summed E-state index contributed by atoms with van der Waals surface area (Å²) in [6.07, 6.45) is 3.36. The molecule has 1 aromatic heterocycles. The molecule has 6 nitrogen and oxygen atoms in total. The van der Waals surface area contributed by atoms with Crippen LogP contribution in [0.3, 0.4) is 0 Å². The Labute approximate surface area is 132 Å². The van der Waals surface area contributed by atoms with E-state index in [0.717, 1.165) is 36.7 Å². The van der Waals surface area contributed by atoms with Crippen molar-refractivity contribution in [3.63, 3.8) is 0 Å². The zero-order valence-corrected chi connectivity index (χ0v) is 13.5. The number of carbonyl (C=O) groups excluding carboxylic acids is 1. The number of nitrogens with zero attached hydrogens (tertiary/aromatic N) is 3. The van der Waals surface area contributed by atoms with Gasteiger partial charge in [-0.05, 0) is 38.8 Å². The Hall–Kier alpha value is -1.53. The first-order valence-corrected chi connectivity index (χ1v) is 8.00. The highest BCUT2D eigenvalue weighted by Crippen LogP contribution is 2.22. The lowest BCUT2D eigenvalue weighted by Crippen LogP contribution is -2.30. The zero-order valence-electron chi connectivity index (χ0n) is 13.5. The topological polar surface area (TPSA) is 78.4 Å². The van der Waals surface area contributed by atoms with Gasteiger partial charge in [-0.25, -0.2) is 9.97 Å². The first-order chi connectivity index (χ1) is 10.6. The van der Waals surface area contributed by atoms with E-state index in [2.05, 4.69) is 15.3 Å². The molecular formula is C16H26N4O2. The smallest absolute Gasteiger partial charge is 0.222 e. The molecule has 6 heteroatoms. The van der Waals surface area contributed by atoms with Crippen molar-refractivity contribution < 1.29 is 9.90 Å². The fourth-order valence-electron chi connectivity index (χ4n) is 2.80. The van der Waals surface area contributed by atoms with Crippen LogP contribution in [0.25, 0.3) is 0 Å². The van der Waals surface area contributed by atoms with E-state index in [0.29, 0.717) is 25.3 Å². The molecule has 1 fully saturated rings. The largest absolute Gasteiger partial charge is 0.395 e. The predicted octanol–water partition coefficient (Wildman–Crippen LogP) is 0.635. The summed E-state index contributed by atoms with van der Waals surface area (Å²) in [6.45, 7) is 4.32. The maximum Gasteiger partial charge on any atom is 0.222 e. The second-order valence-corrected chi connectivity index (χ2v) is 5.91. The van der Waals surface area contributed by atoms with Crippen molar-refractivity contribution in [2.45, 2.75) is 38.5 Å². The molecule has 0 spiro atoms.